The molecule has 0 radical (unpaired) electrons. The van der Waals surface area contributed by atoms with Crippen LogP contribution in [0.2, 0.25) is 0 Å². The van der Waals surface area contributed by atoms with Crippen molar-refractivity contribution in [2.75, 3.05) is 5.32 Å². The second-order valence-electron chi connectivity index (χ2n) is 3.03. The molecule has 1 N–H and O–H groups in total. The van der Waals surface area contributed by atoms with Gasteiger partial charge in [-0.25, -0.2) is 14.4 Å². The molecule has 80 valence electrons. The van der Waals surface area contributed by atoms with Gasteiger partial charge in [0, 0.05) is 18.1 Å². The molecule has 16 heavy (non-hydrogen) atoms. The van der Waals surface area contributed by atoms with Gasteiger partial charge in [-0.05, 0) is 30.3 Å². The van der Waals surface area contributed by atoms with E-state index in [1.807, 2.05) is 0 Å². The zero-order valence-electron chi connectivity index (χ0n) is 8.22. The lowest BCUT2D eigenvalue weighted by molar-refractivity contribution is 0.101. The van der Waals surface area contributed by atoms with E-state index in [1.165, 1.54) is 36.7 Å². The Bertz CT molecular complexity index is 484. The van der Waals surface area contributed by atoms with Gasteiger partial charge in [0.25, 0.3) is 5.91 Å². The number of amides is 1. The number of hydrogen-bond acceptors (Lipinski definition) is 3. The molecule has 0 fully saturated rings. The lowest BCUT2D eigenvalue weighted by Gasteiger charge is -2.02. The van der Waals surface area contributed by atoms with E-state index in [1.54, 1.807) is 6.07 Å². The third-order valence-corrected chi connectivity index (χ3v) is 1.87. The second kappa shape index (κ2) is 4.48. The van der Waals surface area contributed by atoms with Gasteiger partial charge in [0.2, 0.25) is 5.82 Å². The second-order valence-corrected chi connectivity index (χ2v) is 3.03. The number of hydrogen-bond donors (Lipinski definition) is 1. The molecule has 0 saturated heterocycles. The monoisotopic (exact) mass is 217 g/mol. The van der Waals surface area contributed by atoms with Gasteiger partial charge >= 0.3 is 0 Å². The van der Waals surface area contributed by atoms with Gasteiger partial charge in [-0.2, -0.15) is 0 Å². The standard InChI is InChI=1S/C11H8FN3O/c12-8-2-4-9(5-3-8)15-11(16)10-13-6-1-7-14-10/h1-7H,(H,15,16). The molecule has 0 aliphatic rings. The number of benzene rings is 1. The Morgan fingerprint density at radius 3 is 2.38 bits per heavy atom. The highest BCUT2D eigenvalue weighted by atomic mass is 19.1. The van der Waals surface area contributed by atoms with Gasteiger partial charge in [0.1, 0.15) is 5.82 Å². The van der Waals surface area contributed by atoms with E-state index >= 15 is 0 Å². The summed E-state index contributed by atoms with van der Waals surface area (Å²) in [5.41, 5.74) is 0.499. The minimum atomic E-state index is -0.424. The topological polar surface area (TPSA) is 54.9 Å². The minimum Gasteiger partial charge on any atom is -0.319 e. The summed E-state index contributed by atoms with van der Waals surface area (Å²) in [5, 5.41) is 2.55. The largest absolute Gasteiger partial charge is 0.319 e. The van der Waals surface area contributed by atoms with E-state index in [9.17, 15) is 9.18 Å². The average molecular weight is 217 g/mol. The normalized spacial score (nSPS) is 9.81. The van der Waals surface area contributed by atoms with E-state index < -0.39 is 5.91 Å². The fourth-order valence-corrected chi connectivity index (χ4v) is 1.14. The number of anilines is 1. The van der Waals surface area contributed by atoms with Gasteiger partial charge in [0.15, 0.2) is 0 Å². The summed E-state index contributed by atoms with van der Waals surface area (Å²) in [6.45, 7) is 0. The highest BCUT2D eigenvalue weighted by Gasteiger charge is 2.07. The maximum atomic E-state index is 12.6. The van der Waals surface area contributed by atoms with Crippen molar-refractivity contribution in [2.45, 2.75) is 0 Å². The first-order valence-corrected chi connectivity index (χ1v) is 4.59. The Balaban J connectivity index is 2.11. The molecule has 1 aromatic heterocycles. The van der Waals surface area contributed by atoms with Crippen LogP contribution in [0.25, 0.3) is 0 Å². The number of aromatic nitrogens is 2. The summed E-state index contributed by atoms with van der Waals surface area (Å²) in [5.74, 6) is -0.701. The SMILES string of the molecule is O=C(Nc1ccc(F)cc1)c1ncccn1. The molecule has 5 heteroatoms. The molecule has 2 rings (SSSR count). The van der Waals surface area contributed by atoms with Gasteiger partial charge < -0.3 is 5.32 Å². The van der Waals surface area contributed by atoms with Crippen LogP contribution in [0.4, 0.5) is 10.1 Å². The Kier molecular flexibility index (Phi) is 2.86. The lowest BCUT2D eigenvalue weighted by Crippen LogP contribution is -2.15. The highest BCUT2D eigenvalue weighted by Crippen LogP contribution is 2.08. The van der Waals surface area contributed by atoms with Gasteiger partial charge in [0.05, 0.1) is 0 Å². The number of rotatable bonds is 2. The van der Waals surface area contributed by atoms with Crippen molar-refractivity contribution in [3.63, 3.8) is 0 Å². The molecule has 4 nitrogen and oxygen atoms in total. The van der Waals surface area contributed by atoms with E-state index in [2.05, 4.69) is 15.3 Å². The quantitative estimate of drug-likeness (QED) is 0.835. The van der Waals surface area contributed by atoms with Crippen LogP contribution in [0.1, 0.15) is 10.6 Å². The summed E-state index contributed by atoms with van der Waals surface area (Å²) in [4.78, 5) is 19.2. The molecule has 0 aliphatic heterocycles. The van der Waals surface area contributed by atoms with Crippen LogP contribution in [0.3, 0.4) is 0 Å². The Labute approximate surface area is 91.2 Å². The van der Waals surface area contributed by atoms with Crippen molar-refractivity contribution in [3.05, 3.63) is 54.4 Å². The summed E-state index contributed by atoms with van der Waals surface area (Å²) in [7, 11) is 0. The van der Waals surface area contributed by atoms with Crippen LogP contribution < -0.4 is 5.32 Å². The fraction of sp³-hybridized carbons (Fsp3) is 0. The Morgan fingerprint density at radius 1 is 1.12 bits per heavy atom. The van der Waals surface area contributed by atoms with Crippen LogP contribution in [-0.4, -0.2) is 15.9 Å². The van der Waals surface area contributed by atoms with Crippen LogP contribution in [-0.2, 0) is 0 Å². The molecule has 0 unspecified atom stereocenters. The van der Waals surface area contributed by atoms with Crippen molar-refractivity contribution < 1.29 is 9.18 Å². The average Bonchev–Trinajstić information content (AvgIpc) is 2.33. The summed E-state index contributed by atoms with van der Waals surface area (Å²) in [6, 6.07) is 7.09. The van der Waals surface area contributed by atoms with E-state index in [-0.39, 0.29) is 11.6 Å². The van der Waals surface area contributed by atoms with E-state index in [4.69, 9.17) is 0 Å². The predicted octanol–water partition coefficient (Wildman–Crippen LogP) is 1.87. The molecule has 0 saturated carbocycles. The molecule has 1 aromatic carbocycles. The molecule has 0 spiro atoms. The lowest BCUT2D eigenvalue weighted by atomic mass is 10.3. The molecular weight excluding hydrogens is 209 g/mol. The van der Waals surface area contributed by atoms with Crippen LogP contribution in [0.15, 0.2) is 42.7 Å². The number of nitrogens with one attached hydrogen (secondary N) is 1. The van der Waals surface area contributed by atoms with E-state index in [0.717, 1.165) is 0 Å². The van der Waals surface area contributed by atoms with Crippen LogP contribution in [0, 0.1) is 5.82 Å². The van der Waals surface area contributed by atoms with Crippen molar-refractivity contribution in [1.82, 2.24) is 9.97 Å². The molecule has 1 heterocycles. The summed E-state index contributed by atoms with van der Waals surface area (Å²) < 4.78 is 12.6. The van der Waals surface area contributed by atoms with Gasteiger partial charge in [-0.1, -0.05) is 0 Å². The van der Waals surface area contributed by atoms with Crippen LogP contribution in [0.5, 0.6) is 0 Å². The Morgan fingerprint density at radius 2 is 1.75 bits per heavy atom. The van der Waals surface area contributed by atoms with Gasteiger partial charge in [-0.15, -0.1) is 0 Å². The first-order valence-electron chi connectivity index (χ1n) is 4.59. The third-order valence-electron chi connectivity index (χ3n) is 1.87. The first kappa shape index (κ1) is 10.2. The molecule has 2 aromatic rings. The van der Waals surface area contributed by atoms with Crippen molar-refractivity contribution >= 4 is 11.6 Å². The zero-order valence-corrected chi connectivity index (χ0v) is 8.22. The molecule has 0 bridgehead atoms. The fourth-order valence-electron chi connectivity index (χ4n) is 1.14. The third kappa shape index (κ3) is 2.38. The molecular formula is C11H8FN3O. The van der Waals surface area contributed by atoms with Crippen molar-refractivity contribution in [3.8, 4) is 0 Å². The number of carbonyl (C=O) groups excluding carboxylic acids is 1. The number of carbonyl (C=O) groups is 1. The zero-order chi connectivity index (χ0) is 11.4. The summed E-state index contributed by atoms with van der Waals surface area (Å²) >= 11 is 0. The predicted molar refractivity (Wildman–Crippen MR) is 56.4 cm³/mol. The van der Waals surface area contributed by atoms with Crippen molar-refractivity contribution in [1.29, 1.82) is 0 Å². The van der Waals surface area contributed by atoms with Crippen molar-refractivity contribution in [2.24, 2.45) is 0 Å². The highest BCUT2D eigenvalue weighted by molar-refractivity contribution is 6.01. The molecule has 1 amide bonds. The molecule has 0 aliphatic carbocycles. The smallest absolute Gasteiger partial charge is 0.293 e. The number of nitrogens with zero attached hydrogens (tertiary/aromatic N) is 2. The number of halogens is 1. The summed E-state index contributed by atoms with van der Waals surface area (Å²) in [6.07, 6.45) is 2.96. The maximum absolute atomic E-state index is 12.6. The minimum absolute atomic E-state index is 0.0758. The molecule has 0 atom stereocenters. The Hall–Kier alpha value is -2.30. The first-order chi connectivity index (χ1) is 7.75. The van der Waals surface area contributed by atoms with Gasteiger partial charge in [-0.3, -0.25) is 4.79 Å². The van der Waals surface area contributed by atoms with E-state index in [0.29, 0.717) is 5.69 Å². The van der Waals surface area contributed by atoms with Crippen LogP contribution >= 0.6 is 0 Å². The maximum Gasteiger partial charge on any atom is 0.293 e.